The lowest BCUT2D eigenvalue weighted by Crippen LogP contribution is -2.29. The van der Waals surface area contributed by atoms with E-state index in [9.17, 15) is 10.0 Å². The molecule has 22 rings (SSSR count). The molecule has 6 heterocycles. The molecule has 6 aromatic heterocycles. The summed E-state index contributed by atoms with van der Waals surface area (Å²) in [6, 6.07) is 123. The van der Waals surface area contributed by atoms with Gasteiger partial charge in [0.25, 0.3) is 0 Å². The van der Waals surface area contributed by atoms with Gasteiger partial charge in [-0.2, -0.15) is 0 Å². The maximum Gasteiger partial charge on any atom is 0.488 e. The van der Waals surface area contributed by atoms with Gasteiger partial charge >= 0.3 is 7.12 Å². The Labute approximate surface area is 616 Å². The number of nitrogens with zero attached hydrogens (tertiary/aromatic N) is 2. The number of benzene rings is 16. The summed E-state index contributed by atoms with van der Waals surface area (Å²) in [5.41, 5.74) is 26.1. The average molecular weight is 1430 g/mol. The van der Waals surface area contributed by atoms with E-state index in [1.165, 1.54) is 32.6 Å². The van der Waals surface area contributed by atoms with E-state index >= 15 is 0 Å². The van der Waals surface area contributed by atoms with Gasteiger partial charge in [0, 0.05) is 80.5 Å². The first-order valence-corrected chi connectivity index (χ1v) is 36.2. The Morgan fingerprint density at radius 1 is 0.208 bits per heavy atom. The van der Waals surface area contributed by atoms with E-state index in [1.807, 2.05) is 84.9 Å². The third-order valence-corrected chi connectivity index (χ3v) is 21.2. The van der Waals surface area contributed by atoms with Crippen molar-refractivity contribution in [1.82, 2.24) is 9.13 Å². The molecule has 22 aromatic rings. The van der Waals surface area contributed by atoms with Crippen molar-refractivity contribution < 1.29 is 27.7 Å². The van der Waals surface area contributed by atoms with Gasteiger partial charge in [0.15, 0.2) is 0 Å². The zero-order valence-corrected chi connectivity index (χ0v) is 58.4. The molecule has 0 amide bonds. The summed E-state index contributed by atoms with van der Waals surface area (Å²) in [6.07, 6.45) is 0. The van der Waals surface area contributed by atoms with Crippen LogP contribution in [0.4, 0.5) is 0 Å². The van der Waals surface area contributed by atoms with Gasteiger partial charge in [-0.1, -0.05) is 210 Å². The van der Waals surface area contributed by atoms with Crippen molar-refractivity contribution in [2.75, 3.05) is 0 Å². The number of aromatic nitrogens is 2. The highest BCUT2D eigenvalue weighted by Gasteiger charge is 2.19. The minimum absolute atomic E-state index is 0.490. The van der Waals surface area contributed by atoms with E-state index in [-0.39, 0.29) is 0 Å². The molecule has 0 aliphatic heterocycles. The fourth-order valence-electron chi connectivity index (χ4n) is 15.7. The number of hydrogen-bond acceptors (Lipinski definition) is 6. The first-order valence-electron chi connectivity index (χ1n) is 35.4. The fourth-order valence-corrected chi connectivity index (χ4v) is 16.2. The van der Waals surface area contributed by atoms with Crippen molar-refractivity contribution in [2.24, 2.45) is 0 Å². The van der Waals surface area contributed by atoms with E-state index in [0.29, 0.717) is 5.46 Å². The monoisotopic (exact) mass is 1430 g/mol. The highest BCUT2D eigenvalue weighted by atomic mass is 79.9. The van der Waals surface area contributed by atoms with Crippen LogP contribution in [0.3, 0.4) is 0 Å². The zero-order chi connectivity index (χ0) is 70.5. The van der Waals surface area contributed by atoms with Crippen LogP contribution in [-0.2, 0) is 0 Å². The van der Waals surface area contributed by atoms with Crippen molar-refractivity contribution in [2.45, 2.75) is 0 Å². The predicted molar refractivity (Wildman–Crippen MR) is 442 cm³/mol. The van der Waals surface area contributed by atoms with E-state index in [1.54, 1.807) is 12.1 Å². The first-order chi connectivity index (χ1) is 52.2. The standard InChI is InChI=1S/C48H29NO2.C30H17BrO2.C18H14BNO2/c1-5-13-43-37(9-1)38-10-2-6-14-44(38)49(43)36-21-17-30(18-22-36)33-25-34(31-19-23-47-41(28-31)39-11-3-7-15-45(39)50-47)27-35(26-33)32-20-24-48-42(29-32)40-12-4-8-16-46(40)51-48;31-22-14-20(18-9-11-29-25(16-18)23-5-1-3-7-27(23)32-29)13-21(15-22)19-10-12-30-26(17-19)24-6-2-4-8-28(24)33-30;21-19(22)13-9-11-14(12-10-13)20-17-7-3-1-5-15(17)16-6-2-4-8-18(16)20/h1-29H;1-17H;1-12,21-22H. The van der Waals surface area contributed by atoms with Gasteiger partial charge in [-0.25, -0.2) is 0 Å². The predicted octanol–water partition coefficient (Wildman–Crippen LogP) is 25.6. The summed E-state index contributed by atoms with van der Waals surface area (Å²) in [5, 5.41) is 32.5. The SMILES string of the molecule is Brc1cc(-c2ccc3oc4ccccc4c3c2)cc(-c2ccc3oc4ccccc4c3c2)c1.OB(O)c1ccc(-n2c3ccccc3c3ccccc32)cc1.c1ccc2c(c1)oc1ccc(-c3cc(-c4ccc(-n5c6ccccc6c6ccccc65)cc4)cc(-c4ccc5oc6ccccc6c5c4)c3)cc12. The third kappa shape index (κ3) is 10.9. The summed E-state index contributed by atoms with van der Waals surface area (Å²) in [6.45, 7) is 0. The van der Waals surface area contributed by atoms with Crippen LogP contribution in [0.1, 0.15) is 0 Å². The van der Waals surface area contributed by atoms with Crippen LogP contribution in [0.15, 0.2) is 374 Å². The van der Waals surface area contributed by atoms with Crippen LogP contribution in [0.2, 0.25) is 0 Å². The van der Waals surface area contributed by atoms with Crippen molar-refractivity contribution in [1.29, 1.82) is 0 Å². The lowest BCUT2D eigenvalue weighted by Gasteiger charge is -2.13. The topological polar surface area (TPSA) is 103 Å². The second kappa shape index (κ2) is 25.6. The number of para-hydroxylation sites is 8. The van der Waals surface area contributed by atoms with Crippen molar-refractivity contribution in [3.05, 3.63) is 356 Å². The molecule has 0 fully saturated rings. The molecule has 10 heteroatoms. The van der Waals surface area contributed by atoms with Crippen LogP contribution >= 0.6 is 15.9 Å². The van der Waals surface area contributed by atoms with Gasteiger partial charge in [-0.05, 0) is 219 Å². The minimum atomic E-state index is -1.44. The molecule has 0 bridgehead atoms. The van der Waals surface area contributed by atoms with Crippen LogP contribution in [0.5, 0.6) is 0 Å². The second-order valence-electron chi connectivity index (χ2n) is 27.0. The maximum atomic E-state index is 9.24. The third-order valence-electron chi connectivity index (χ3n) is 20.7. The largest absolute Gasteiger partial charge is 0.488 e. The maximum absolute atomic E-state index is 9.24. The van der Waals surface area contributed by atoms with Crippen LogP contribution < -0.4 is 5.46 Å². The summed E-state index contributed by atoms with van der Waals surface area (Å²) >= 11 is 3.73. The molecule has 0 aliphatic rings. The molecule has 2 N–H and O–H groups in total. The quantitative estimate of drug-likeness (QED) is 0.147. The number of rotatable bonds is 8. The lowest BCUT2D eigenvalue weighted by molar-refractivity contribution is 0.426. The molecule has 0 atom stereocenters. The van der Waals surface area contributed by atoms with Crippen LogP contribution in [-0.4, -0.2) is 26.3 Å². The summed E-state index contributed by atoms with van der Waals surface area (Å²) in [5.74, 6) is 0. The zero-order valence-electron chi connectivity index (χ0n) is 56.9. The van der Waals surface area contributed by atoms with Gasteiger partial charge in [0.05, 0.1) is 22.1 Å². The van der Waals surface area contributed by atoms with Crippen molar-refractivity contribution in [3.63, 3.8) is 0 Å². The van der Waals surface area contributed by atoms with Crippen LogP contribution in [0.25, 0.3) is 198 Å². The normalized spacial score (nSPS) is 11.7. The highest BCUT2D eigenvalue weighted by Crippen LogP contribution is 2.43. The van der Waals surface area contributed by atoms with Gasteiger partial charge in [0.1, 0.15) is 44.7 Å². The molecule has 0 spiro atoms. The molecule has 500 valence electrons. The molecule has 16 aromatic carbocycles. The molecule has 0 saturated carbocycles. The molecule has 0 aliphatic carbocycles. The Hall–Kier alpha value is -13.2. The Balaban J connectivity index is 0.000000116. The molecule has 8 nitrogen and oxygen atoms in total. The number of fused-ring (bicyclic) bond motifs is 18. The van der Waals surface area contributed by atoms with Gasteiger partial charge < -0.3 is 36.9 Å². The molecule has 0 unspecified atom stereocenters. The Morgan fingerprint density at radius 3 is 0.745 bits per heavy atom. The fraction of sp³-hybridized carbons (Fsp3) is 0. The lowest BCUT2D eigenvalue weighted by atomic mass is 9.80. The summed E-state index contributed by atoms with van der Waals surface area (Å²) in [4.78, 5) is 0. The van der Waals surface area contributed by atoms with Crippen LogP contribution in [0, 0.1) is 0 Å². The van der Waals surface area contributed by atoms with Crippen molar-refractivity contribution in [3.8, 4) is 67.0 Å². The number of furan rings is 4. The minimum Gasteiger partial charge on any atom is -0.456 e. The van der Waals surface area contributed by atoms with E-state index in [2.05, 4.69) is 280 Å². The van der Waals surface area contributed by atoms with Crippen molar-refractivity contribution >= 4 is 160 Å². The smallest absolute Gasteiger partial charge is 0.456 e. The highest BCUT2D eigenvalue weighted by molar-refractivity contribution is 9.10. The summed E-state index contributed by atoms with van der Waals surface area (Å²) < 4.78 is 30.0. The Morgan fingerprint density at radius 2 is 0.443 bits per heavy atom. The average Bonchev–Trinajstić information content (AvgIpc) is 1.63. The van der Waals surface area contributed by atoms with E-state index in [0.717, 1.165) is 170 Å². The second-order valence-corrected chi connectivity index (χ2v) is 27.9. The number of hydrogen-bond donors (Lipinski definition) is 2. The van der Waals surface area contributed by atoms with Gasteiger partial charge in [-0.15, -0.1) is 0 Å². The molecule has 0 saturated heterocycles. The first kappa shape index (κ1) is 62.6. The Kier molecular flexibility index (Phi) is 15.1. The van der Waals surface area contributed by atoms with Gasteiger partial charge in [-0.3, -0.25) is 0 Å². The molecule has 0 radical (unpaired) electrons. The van der Waals surface area contributed by atoms with E-state index in [4.69, 9.17) is 17.7 Å². The molecule has 106 heavy (non-hydrogen) atoms. The van der Waals surface area contributed by atoms with E-state index < -0.39 is 7.12 Å². The summed E-state index contributed by atoms with van der Waals surface area (Å²) in [7, 11) is -1.44. The molecular formula is C96H60BBrN2O6. The number of halogens is 1. The molecular weight excluding hydrogens is 1370 g/mol. The Bertz CT molecular complexity index is 6840. The van der Waals surface area contributed by atoms with Gasteiger partial charge in [0.2, 0.25) is 0 Å².